The van der Waals surface area contributed by atoms with Gasteiger partial charge in [0.1, 0.15) is 10.6 Å². The monoisotopic (exact) mass is 688 g/mol. The number of nitrogens with zero attached hydrogens (tertiary/aromatic N) is 2. The summed E-state index contributed by atoms with van der Waals surface area (Å²) < 4.78 is 68.6. The molecule has 0 radical (unpaired) electrons. The molecule has 4 rings (SSSR count). The fourth-order valence-corrected chi connectivity index (χ4v) is 9.81. The normalized spacial score (nSPS) is 18.1. The van der Waals surface area contributed by atoms with E-state index in [0.717, 1.165) is 30.3 Å². The van der Waals surface area contributed by atoms with Gasteiger partial charge in [0.2, 0.25) is 10.0 Å². The van der Waals surface area contributed by atoms with Gasteiger partial charge in [-0.3, -0.25) is 4.79 Å². The second-order valence-electron chi connectivity index (χ2n) is 11.5. The van der Waals surface area contributed by atoms with Gasteiger partial charge in [0, 0.05) is 30.8 Å². The molecule has 1 unspecified atom stereocenters. The lowest BCUT2D eigenvalue weighted by molar-refractivity contribution is -0.139. The third-order valence-electron chi connectivity index (χ3n) is 8.37. The Bertz CT molecular complexity index is 1710. The molecule has 0 spiro atoms. The van der Waals surface area contributed by atoms with Crippen LogP contribution >= 0.6 is 11.8 Å². The van der Waals surface area contributed by atoms with Crippen LogP contribution in [0.5, 0.6) is 5.75 Å². The first-order valence-corrected chi connectivity index (χ1v) is 20.0. The maximum absolute atomic E-state index is 15.1. The van der Waals surface area contributed by atoms with Gasteiger partial charge in [-0.1, -0.05) is 57.0 Å². The number of carbonyl (C=O) groups excluding carboxylic acids is 1. The molecular formula is C34H44N2O7S3. The molecule has 0 aromatic heterocycles. The van der Waals surface area contributed by atoms with E-state index in [1.54, 1.807) is 18.3 Å². The number of benzene rings is 3. The number of ether oxygens (including phenoxy) is 2. The van der Waals surface area contributed by atoms with Crippen molar-refractivity contribution in [1.82, 2.24) is 4.31 Å². The largest absolute Gasteiger partial charge is 0.497 e. The topological polar surface area (TPSA) is 110 Å². The number of para-hydroxylation sites is 1. The minimum atomic E-state index is -4.19. The standard InChI is InChI=1S/C34H44N2O7S3/c1-6-9-19-34(7-2)25-35(28-13-11-10-12-14-28)30-21-31(45(5,38)39)27(23-44-24-33(37)43-8-3)20-32(30)46(40,41)36(34)22-26-15-17-29(42-4)18-16-26/h10-18,20-21H,6-9,19,22-25H2,1-5H3. The highest BCUT2D eigenvalue weighted by Crippen LogP contribution is 2.46. The van der Waals surface area contributed by atoms with Crippen molar-refractivity contribution >= 4 is 49.0 Å². The number of hydrogen-bond donors (Lipinski definition) is 0. The summed E-state index contributed by atoms with van der Waals surface area (Å²) in [6.45, 7) is 6.52. The molecule has 1 aliphatic heterocycles. The van der Waals surface area contributed by atoms with Gasteiger partial charge >= 0.3 is 5.97 Å². The van der Waals surface area contributed by atoms with Gasteiger partial charge in [0.15, 0.2) is 9.84 Å². The van der Waals surface area contributed by atoms with Crippen molar-refractivity contribution in [3.63, 3.8) is 0 Å². The summed E-state index contributed by atoms with van der Waals surface area (Å²) in [6, 6.07) is 19.9. The Morgan fingerprint density at radius 3 is 2.30 bits per heavy atom. The molecule has 9 nitrogen and oxygen atoms in total. The number of thioether (sulfide) groups is 1. The predicted molar refractivity (Wildman–Crippen MR) is 184 cm³/mol. The first-order valence-electron chi connectivity index (χ1n) is 15.5. The average molecular weight is 689 g/mol. The second kappa shape index (κ2) is 15.2. The van der Waals surface area contributed by atoms with Crippen molar-refractivity contribution in [2.24, 2.45) is 0 Å². The second-order valence-corrected chi connectivity index (χ2v) is 16.3. The number of sulfonamides is 1. The Balaban J connectivity index is 1.98. The van der Waals surface area contributed by atoms with Crippen molar-refractivity contribution in [2.45, 2.75) is 74.1 Å². The van der Waals surface area contributed by atoms with E-state index in [2.05, 4.69) is 6.92 Å². The Kier molecular flexibility index (Phi) is 11.8. The maximum Gasteiger partial charge on any atom is 0.315 e. The van der Waals surface area contributed by atoms with Crippen molar-refractivity contribution in [1.29, 1.82) is 0 Å². The lowest BCUT2D eigenvalue weighted by atomic mass is 9.88. The number of hydrogen-bond acceptors (Lipinski definition) is 9. The molecule has 12 heteroatoms. The van der Waals surface area contributed by atoms with Gasteiger partial charge in [-0.25, -0.2) is 16.8 Å². The van der Waals surface area contributed by atoms with Crippen LogP contribution < -0.4 is 9.64 Å². The van der Waals surface area contributed by atoms with Gasteiger partial charge in [0.25, 0.3) is 0 Å². The summed E-state index contributed by atoms with van der Waals surface area (Å²) in [5.41, 5.74) is 1.41. The van der Waals surface area contributed by atoms with Crippen LogP contribution in [0, 0.1) is 0 Å². The molecule has 46 heavy (non-hydrogen) atoms. The van der Waals surface area contributed by atoms with Gasteiger partial charge < -0.3 is 14.4 Å². The van der Waals surface area contributed by atoms with Crippen molar-refractivity contribution < 1.29 is 31.1 Å². The predicted octanol–water partition coefficient (Wildman–Crippen LogP) is 6.58. The molecule has 3 aromatic carbocycles. The number of methoxy groups -OCH3 is 1. The highest BCUT2D eigenvalue weighted by molar-refractivity contribution is 7.99. The molecule has 1 aliphatic rings. The van der Waals surface area contributed by atoms with Crippen LogP contribution in [0.4, 0.5) is 11.4 Å². The van der Waals surface area contributed by atoms with Gasteiger partial charge in [-0.15, -0.1) is 11.8 Å². The molecule has 3 aromatic rings. The molecule has 1 heterocycles. The first-order chi connectivity index (χ1) is 21.9. The van der Waals surface area contributed by atoms with E-state index in [1.807, 2.05) is 66.4 Å². The molecular weight excluding hydrogens is 645 g/mol. The molecule has 0 amide bonds. The SMILES string of the molecule is CCCCC1(CC)CN(c2ccccc2)c2cc(S(C)(=O)=O)c(CSCC(=O)OCC)cc2S(=O)(=O)N1Cc1ccc(OC)cc1. The van der Waals surface area contributed by atoms with Crippen molar-refractivity contribution in [3.8, 4) is 5.75 Å². The van der Waals surface area contributed by atoms with Gasteiger partial charge in [0.05, 0.1) is 35.6 Å². The van der Waals surface area contributed by atoms with E-state index in [-0.39, 0.29) is 34.4 Å². The van der Waals surface area contributed by atoms with Crippen LogP contribution in [-0.4, -0.2) is 64.9 Å². The smallest absolute Gasteiger partial charge is 0.315 e. The number of carbonyl (C=O) groups is 1. The molecule has 0 bridgehead atoms. The lowest BCUT2D eigenvalue weighted by Gasteiger charge is -2.43. The van der Waals surface area contributed by atoms with E-state index in [4.69, 9.17) is 9.47 Å². The fraction of sp³-hybridized carbons (Fsp3) is 0.441. The molecule has 1 atom stereocenters. The third-order valence-corrected chi connectivity index (χ3v) is 12.5. The average Bonchev–Trinajstić information content (AvgIpc) is 3.11. The zero-order valence-electron chi connectivity index (χ0n) is 27.2. The highest BCUT2D eigenvalue weighted by atomic mass is 32.2. The fourth-order valence-electron chi connectivity index (χ4n) is 5.91. The Morgan fingerprint density at radius 1 is 1.02 bits per heavy atom. The molecule has 0 fully saturated rings. The summed E-state index contributed by atoms with van der Waals surface area (Å²) in [6.07, 6.45) is 3.98. The number of fused-ring (bicyclic) bond motifs is 1. The lowest BCUT2D eigenvalue weighted by Crippen LogP contribution is -2.54. The highest BCUT2D eigenvalue weighted by Gasteiger charge is 2.48. The Morgan fingerprint density at radius 2 is 1.72 bits per heavy atom. The van der Waals surface area contributed by atoms with Crippen LogP contribution in [-0.2, 0) is 41.7 Å². The maximum atomic E-state index is 15.1. The minimum absolute atomic E-state index is 0.0105. The molecule has 250 valence electrons. The quantitative estimate of drug-likeness (QED) is 0.174. The number of rotatable bonds is 14. The van der Waals surface area contributed by atoms with Gasteiger partial charge in [-0.2, -0.15) is 4.31 Å². The van der Waals surface area contributed by atoms with Gasteiger partial charge in [-0.05, 0) is 67.3 Å². The minimum Gasteiger partial charge on any atom is -0.497 e. The van der Waals surface area contributed by atoms with Crippen LogP contribution in [0.25, 0.3) is 0 Å². The van der Waals surface area contributed by atoms with Crippen molar-refractivity contribution in [2.75, 3.05) is 37.2 Å². The van der Waals surface area contributed by atoms with Crippen LogP contribution in [0.15, 0.2) is 76.5 Å². The van der Waals surface area contributed by atoms with E-state index in [1.165, 1.54) is 23.9 Å². The molecule has 0 saturated carbocycles. The zero-order chi connectivity index (χ0) is 33.5. The number of anilines is 2. The zero-order valence-corrected chi connectivity index (χ0v) is 29.6. The molecule has 0 saturated heterocycles. The van der Waals surface area contributed by atoms with Crippen LogP contribution in [0.3, 0.4) is 0 Å². The summed E-state index contributed by atoms with van der Waals surface area (Å²) in [5.74, 6) is 0.383. The summed E-state index contributed by atoms with van der Waals surface area (Å²) in [4.78, 5) is 14.1. The summed E-state index contributed by atoms with van der Waals surface area (Å²) >= 11 is 1.19. The van der Waals surface area contributed by atoms with E-state index in [9.17, 15) is 13.2 Å². The third kappa shape index (κ3) is 7.90. The summed E-state index contributed by atoms with van der Waals surface area (Å²) in [7, 11) is -6.38. The number of unbranched alkanes of at least 4 members (excludes halogenated alkanes) is 1. The van der Waals surface area contributed by atoms with E-state index >= 15 is 8.42 Å². The molecule has 0 aliphatic carbocycles. The first kappa shape index (κ1) is 35.8. The van der Waals surface area contributed by atoms with Crippen LogP contribution in [0.1, 0.15) is 57.6 Å². The van der Waals surface area contributed by atoms with E-state index < -0.39 is 31.4 Å². The van der Waals surface area contributed by atoms with Crippen LogP contribution in [0.2, 0.25) is 0 Å². The number of sulfone groups is 1. The summed E-state index contributed by atoms with van der Waals surface area (Å²) in [5, 5.41) is 0. The molecule has 0 N–H and O–H groups in total. The Labute approximate surface area is 278 Å². The van der Waals surface area contributed by atoms with Crippen molar-refractivity contribution in [3.05, 3.63) is 77.9 Å². The van der Waals surface area contributed by atoms with E-state index in [0.29, 0.717) is 36.4 Å². The Hall–Kier alpha value is -3.06. The number of esters is 1.